The van der Waals surface area contributed by atoms with E-state index in [2.05, 4.69) is 228 Å². The molecule has 0 aliphatic carbocycles. The molecule has 0 unspecified atom stereocenters. The highest BCUT2D eigenvalue weighted by Gasteiger charge is 2.28. The molecule has 0 bridgehead atoms. The lowest BCUT2D eigenvalue weighted by Gasteiger charge is -2.34. The molecule has 2 nitrogen and oxygen atoms in total. The van der Waals surface area contributed by atoms with Gasteiger partial charge in [-0.15, -0.1) is 0 Å². The van der Waals surface area contributed by atoms with Crippen LogP contribution in [0.5, 0.6) is 0 Å². The van der Waals surface area contributed by atoms with Gasteiger partial charge in [-0.05, 0) is 167 Å². The molecule has 2 heterocycles. The number of para-hydroxylation sites is 4. The van der Waals surface area contributed by atoms with E-state index in [1.54, 1.807) is 0 Å². The maximum atomic E-state index is 2.54. The van der Waals surface area contributed by atoms with Crippen molar-refractivity contribution in [1.29, 1.82) is 0 Å². The number of benzene rings is 11. The van der Waals surface area contributed by atoms with Gasteiger partial charge in [-0.1, -0.05) is 152 Å². The highest BCUT2D eigenvalue weighted by Crippen LogP contribution is 2.52. The number of rotatable bonds is 4. The van der Waals surface area contributed by atoms with Crippen LogP contribution in [-0.2, 0) is 19.3 Å². The van der Waals surface area contributed by atoms with Crippen molar-refractivity contribution in [3.05, 3.63) is 241 Å². The first kappa shape index (κ1) is 35.8. The molecule has 0 atom stereocenters. The summed E-state index contributed by atoms with van der Waals surface area (Å²) in [4.78, 5) is 5.00. The average molecular weight is 803 g/mol. The Morgan fingerprint density at radius 2 is 0.746 bits per heavy atom. The summed E-state index contributed by atoms with van der Waals surface area (Å²) in [6, 6.07) is 81.7. The number of hydrogen-bond donors (Lipinski definition) is 0. The molecule has 11 aromatic carbocycles. The number of hydrogen-bond acceptors (Lipinski definition) is 2. The Labute approximate surface area is 367 Å². The molecule has 11 aromatic rings. The molecule has 13 rings (SSSR count). The minimum Gasteiger partial charge on any atom is -0.310 e. The summed E-state index contributed by atoms with van der Waals surface area (Å²) in [7, 11) is 0. The Bertz CT molecular complexity index is 3570. The van der Waals surface area contributed by atoms with Crippen LogP contribution < -0.4 is 9.80 Å². The molecule has 0 fully saturated rings. The second-order valence-electron chi connectivity index (χ2n) is 17.2. The normalized spacial score (nSPS) is 13.1. The van der Waals surface area contributed by atoms with Gasteiger partial charge in [-0.25, -0.2) is 0 Å². The van der Waals surface area contributed by atoms with Crippen LogP contribution in [0.1, 0.15) is 22.3 Å². The van der Waals surface area contributed by atoms with Crippen LogP contribution in [0, 0.1) is 0 Å². The zero-order valence-corrected chi connectivity index (χ0v) is 34.8. The predicted octanol–water partition coefficient (Wildman–Crippen LogP) is 16.6. The van der Waals surface area contributed by atoms with Crippen LogP contribution in [0.2, 0.25) is 0 Å². The lowest BCUT2D eigenvalue weighted by molar-refractivity contribution is 0.977. The van der Waals surface area contributed by atoms with Crippen LogP contribution in [0.15, 0.2) is 218 Å². The fraction of sp³-hybridized carbons (Fsp3) is 0.0492. The van der Waals surface area contributed by atoms with Crippen molar-refractivity contribution in [2.75, 3.05) is 9.80 Å². The molecule has 0 amide bonds. The van der Waals surface area contributed by atoms with Crippen molar-refractivity contribution >= 4 is 77.2 Å². The fourth-order valence-corrected chi connectivity index (χ4v) is 10.7. The predicted molar refractivity (Wildman–Crippen MR) is 267 cm³/mol. The van der Waals surface area contributed by atoms with Crippen molar-refractivity contribution in [1.82, 2.24) is 0 Å². The first-order valence-electron chi connectivity index (χ1n) is 22.2. The number of fused-ring (bicyclic) bond motifs is 8. The van der Waals surface area contributed by atoms with Gasteiger partial charge in [0.05, 0.1) is 5.69 Å². The highest BCUT2D eigenvalue weighted by atomic mass is 15.2. The smallest absolute Gasteiger partial charge is 0.0503 e. The van der Waals surface area contributed by atoms with Crippen LogP contribution in [0.4, 0.5) is 34.1 Å². The van der Waals surface area contributed by atoms with E-state index in [-0.39, 0.29) is 0 Å². The summed E-state index contributed by atoms with van der Waals surface area (Å²) in [6.07, 6.45) is 2.86. The topological polar surface area (TPSA) is 6.48 Å². The Balaban J connectivity index is 1.18. The molecule has 2 aliphatic heterocycles. The van der Waals surface area contributed by atoms with E-state index in [4.69, 9.17) is 0 Å². The first-order valence-corrected chi connectivity index (χ1v) is 22.2. The van der Waals surface area contributed by atoms with E-state index in [9.17, 15) is 0 Å². The number of nitrogens with zero attached hydrogens (tertiary/aromatic N) is 2. The largest absolute Gasteiger partial charge is 0.310 e. The van der Waals surface area contributed by atoms with Crippen molar-refractivity contribution in [2.45, 2.75) is 19.3 Å². The maximum absolute atomic E-state index is 2.54. The fourth-order valence-electron chi connectivity index (χ4n) is 10.7. The molecule has 0 radical (unpaired) electrons. The minimum absolute atomic E-state index is 0.854. The molecule has 0 saturated carbocycles. The zero-order valence-electron chi connectivity index (χ0n) is 34.8. The van der Waals surface area contributed by atoms with Crippen LogP contribution in [0.25, 0.3) is 65.3 Å². The SMILES string of the molecule is c1ccc(N2c3ccccc3Cc3cc4c(-c5ccc6ccccc6c5)c5cc(N6c7ccccc7CCc7ccccc76)ccc5c(-c5ccc6ccccc6c5)c4cc32)cc1. The molecule has 296 valence electrons. The van der Waals surface area contributed by atoms with E-state index in [0.717, 1.165) is 30.6 Å². The lowest BCUT2D eigenvalue weighted by atomic mass is 9.82. The minimum atomic E-state index is 0.854. The summed E-state index contributed by atoms with van der Waals surface area (Å²) < 4.78 is 0. The summed E-state index contributed by atoms with van der Waals surface area (Å²) in [5.41, 5.74) is 17.6. The quantitative estimate of drug-likeness (QED) is 0.164. The van der Waals surface area contributed by atoms with E-state index in [1.807, 2.05) is 0 Å². The van der Waals surface area contributed by atoms with E-state index in [1.165, 1.54) is 110 Å². The van der Waals surface area contributed by atoms with Crippen molar-refractivity contribution < 1.29 is 0 Å². The zero-order chi connectivity index (χ0) is 41.4. The third-order valence-corrected chi connectivity index (χ3v) is 13.6. The number of anilines is 6. The van der Waals surface area contributed by atoms with Gasteiger partial charge in [0, 0.05) is 34.9 Å². The van der Waals surface area contributed by atoms with Crippen molar-refractivity contribution in [3.63, 3.8) is 0 Å². The lowest BCUT2D eigenvalue weighted by Crippen LogP contribution is -2.18. The summed E-state index contributed by atoms with van der Waals surface area (Å²) in [6.45, 7) is 0. The molecule has 0 spiro atoms. The summed E-state index contributed by atoms with van der Waals surface area (Å²) >= 11 is 0. The van der Waals surface area contributed by atoms with E-state index >= 15 is 0 Å². The van der Waals surface area contributed by atoms with Gasteiger partial charge in [-0.3, -0.25) is 0 Å². The molecule has 0 N–H and O–H groups in total. The molecular weight excluding hydrogens is 761 g/mol. The Morgan fingerprint density at radius 3 is 1.38 bits per heavy atom. The summed E-state index contributed by atoms with van der Waals surface area (Å²) in [5.74, 6) is 0. The standard InChI is InChI=1S/C61H42N2/c1-2-21-50(22-3-1)62-58-25-13-10-20-46(58)36-49-37-53-55(39-59(49)62)60(47-30-26-40-14-4-6-18-44(40)34-47)52-33-32-51(38-54(52)61(53)48-31-27-41-15-5-7-19-45(41)35-48)63-56-23-11-8-16-42(56)28-29-43-17-9-12-24-57(43)63/h1-27,30-35,37-39H,28-29,36H2. The second kappa shape index (κ2) is 14.3. The third kappa shape index (κ3) is 5.79. The van der Waals surface area contributed by atoms with Crippen LogP contribution >= 0.6 is 0 Å². The van der Waals surface area contributed by atoms with Crippen molar-refractivity contribution in [3.8, 4) is 22.3 Å². The van der Waals surface area contributed by atoms with Gasteiger partial charge in [0.15, 0.2) is 0 Å². The highest BCUT2D eigenvalue weighted by molar-refractivity contribution is 6.23. The first-order chi connectivity index (χ1) is 31.2. The number of aryl methyl sites for hydroxylation is 2. The monoisotopic (exact) mass is 802 g/mol. The van der Waals surface area contributed by atoms with Gasteiger partial charge in [-0.2, -0.15) is 0 Å². The van der Waals surface area contributed by atoms with Gasteiger partial charge >= 0.3 is 0 Å². The van der Waals surface area contributed by atoms with E-state index < -0.39 is 0 Å². The Hall–Kier alpha value is -7.94. The van der Waals surface area contributed by atoms with E-state index in [0.29, 0.717) is 0 Å². The molecule has 0 saturated heterocycles. The second-order valence-corrected chi connectivity index (χ2v) is 17.2. The molecular formula is C61H42N2. The van der Waals surface area contributed by atoms with Gasteiger partial charge in [0.25, 0.3) is 0 Å². The van der Waals surface area contributed by atoms with Gasteiger partial charge < -0.3 is 9.80 Å². The molecule has 0 aromatic heterocycles. The molecule has 2 aliphatic rings. The Morgan fingerprint density at radius 1 is 0.270 bits per heavy atom. The van der Waals surface area contributed by atoms with Crippen LogP contribution in [0.3, 0.4) is 0 Å². The Kier molecular flexibility index (Phi) is 8.14. The molecule has 2 heteroatoms. The third-order valence-electron chi connectivity index (χ3n) is 13.6. The van der Waals surface area contributed by atoms with Crippen LogP contribution in [-0.4, -0.2) is 0 Å². The molecule has 63 heavy (non-hydrogen) atoms. The van der Waals surface area contributed by atoms with Gasteiger partial charge in [0.1, 0.15) is 0 Å². The summed E-state index contributed by atoms with van der Waals surface area (Å²) in [5, 5.41) is 9.96. The maximum Gasteiger partial charge on any atom is 0.0503 e. The average Bonchev–Trinajstić information content (AvgIpc) is 3.51. The van der Waals surface area contributed by atoms with Crippen molar-refractivity contribution in [2.24, 2.45) is 0 Å². The van der Waals surface area contributed by atoms with Gasteiger partial charge in [0.2, 0.25) is 0 Å².